The normalized spacial score (nSPS) is 24.7. The third-order valence-corrected chi connectivity index (χ3v) is 5.69. The molecule has 0 spiro atoms. The summed E-state index contributed by atoms with van der Waals surface area (Å²) in [6.07, 6.45) is 10.6. The molecule has 4 heteroatoms. The molecule has 1 fully saturated rings. The van der Waals surface area contributed by atoms with Crippen LogP contribution < -0.4 is 10.2 Å². The van der Waals surface area contributed by atoms with Gasteiger partial charge in [-0.05, 0) is 39.2 Å². The summed E-state index contributed by atoms with van der Waals surface area (Å²) in [5, 5.41) is 4.74. The third-order valence-electron chi connectivity index (χ3n) is 4.41. The molecule has 1 unspecified atom stereocenters. The lowest BCUT2D eigenvalue weighted by Crippen LogP contribution is -2.26. The van der Waals surface area contributed by atoms with E-state index in [1.807, 2.05) is 11.3 Å². The average Bonchev–Trinajstić information content (AvgIpc) is 2.81. The Bertz CT molecular complexity index is 408. The van der Waals surface area contributed by atoms with Crippen LogP contribution in [0.3, 0.4) is 0 Å². The second-order valence-corrected chi connectivity index (χ2v) is 6.80. The van der Waals surface area contributed by atoms with Crippen molar-refractivity contribution in [3.05, 3.63) is 10.6 Å². The predicted molar refractivity (Wildman–Crippen MR) is 82.2 cm³/mol. The second kappa shape index (κ2) is 6.23. The van der Waals surface area contributed by atoms with E-state index in [4.69, 9.17) is 4.98 Å². The highest BCUT2D eigenvalue weighted by atomic mass is 32.1. The maximum Gasteiger partial charge on any atom is 0.185 e. The molecule has 1 aromatic heterocycles. The van der Waals surface area contributed by atoms with Crippen LogP contribution in [0.25, 0.3) is 0 Å². The number of fused-ring (bicyclic) bond motifs is 1. The molecule has 1 atom stereocenters. The van der Waals surface area contributed by atoms with Crippen LogP contribution in [-0.4, -0.2) is 25.1 Å². The van der Waals surface area contributed by atoms with Crippen LogP contribution in [0.1, 0.15) is 61.6 Å². The Morgan fingerprint density at radius 3 is 2.58 bits per heavy atom. The van der Waals surface area contributed by atoms with Gasteiger partial charge in [-0.25, -0.2) is 4.98 Å². The smallest absolute Gasteiger partial charge is 0.185 e. The quantitative estimate of drug-likeness (QED) is 0.898. The highest BCUT2D eigenvalue weighted by Crippen LogP contribution is 2.37. The fraction of sp³-hybridized carbons (Fsp3) is 0.800. The van der Waals surface area contributed by atoms with Gasteiger partial charge in [0.05, 0.1) is 5.69 Å². The molecule has 3 nitrogen and oxygen atoms in total. The Labute approximate surface area is 120 Å². The monoisotopic (exact) mass is 279 g/mol. The largest absolute Gasteiger partial charge is 0.348 e. The summed E-state index contributed by atoms with van der Waals surface area (Å²) in [7, 11) is 2.08. The van der Waals surface area contributed by atoms with E-state index in [2.05, 4.69) is 17.3 Å². The van der Waals surface area contributed by atoms with Gasteiger partial charge < -0.3 is 10.2 Å². The van der Waals surface area contributed by atoms with Crippen LogP contribution >= 0.6 is 11.3 Å². The molecule has 0 amide bonds. The Morgan fingerprint density at radius 1 is 1.11 bits per heavy atom. The number of rotatable bonds is 2. The molecule has 0 radical (unpaired) electrons. The molecule has 1 aliphatic carbocycles. The van der Waals surface area contributed by atoms with E-state index in [-0.39, 0.29) is 0 Å². The minimum Gasteiger partial charge on any atom is -0.348 e. The van der Waals surface area contributed by atoms with E-state index in [9.17, 15) is 0 Å². The summed E-state index contributed by atoms with van der Waals surface area (Å²) >= 11 is 1.94. The number of hydrogen-bond acceptors (Lipinski definition) is 4. The number of anilines is 1. The Hall–Kier alpha value is -0.610. The molecule has 1 aromatic rings. The molecule has 2 heterocycles. The highest BCUT2D eigenvalue weighted by molar-refractivity contribution is 7.15. The van der Waals surface area contributed by atoms with Crippen molar-refractivity contribution >= 4 is 16.5 Å². The SMILES string of the molecule is CNC1CCCc2nc(N3CCCCCCC3)sc21. The summed E-state index contributed by atoms with van der Waals surface area (Å²) in [6, 6.07) is 0.546. The number of thiazole rings is 1. The zero-order valence-corrected chi connectivity index (χ0v) is 12.8. The van der Waals surface area contributed by atoms with E-state index in [0.717, 1.165) is 0 Å². The lowest BCUT2D eigenvalue weighted by atomic mass is 9.98. The predicted octanol–water partition coefficient (Wildman–Crippen LogP) is 3.51. The van der Waals surface area contributed by atoms with Gasteiger partial charge in [-0.3, -0.25) is 0 Å². The second-order valence-electron chi connectivity index (χ2n) is 5.80. The molecule has 1 N–H and O–H groups in total. The van der Waals surface area contributed by atoms with Crippen LogP contribution in [0, 0.1) is 0 Å². The highest BCUT2D eigenvalue weighted by Gasteiger charge is 2.25. The molecule has 1 saturated heterocycles. The molecular weight excluding hydrogens is 254 g/mol. The molecule has 1 aliphatic heterocycles. The topological polar surface area (TPSA) is 28.2 Å². The van der Waals surface area contributed by atoms with Crippen LogP contribution in [0.2, 0.25) is 0 Å². The van der Waals surface area contributed by atoms with Crippen molar-refractivity contribution in [1.29, 1.82) is 0 Å². The van der Waals surface area contributed by atoms with Crippen molar-refractivity contribution in [1.82, 2.24) is 10.3 Å². The lowest BCUT2D eigenvalue weighted by molar-refractivity contribution is 0.500. The number of nitrogens with zero attached hydrogens (tertiary/aromatic N) is 2. The van der Waals surface area contributed by atoms with Gasteiger partial charge in [-0.15, -0.1) is 0 Å². The van der Waals surface area contributed by atoms with Gasteiger partial charge in [-0.2, -0.15) is 0 Å². The lowest BCUT2D eigenvalue weighted by Gasteiger charge is -2.24. The van der Waals surface area contributed by atoms with Gasteiger partial charge in [-0.1, -0.05) is 30.6 Å². The van der Waals surface area contributed by atoms with Gasteiger partial charge in [0.1, 0.15) is 0 Å². The molecular formula is C15H25N3S. The van der Waals surface area contributed by atoms with Gasteiger partial charge >= 0.3 is 0 Å². The van der Waals surface area contributed by atoms with E-state index in [0.29, 0.717) is 6.04 Å². The summed E-state index contributed by atoms with van der Waals surface area (Å²) in [6.45, 7) is 2.41. The number of aryl methyl sites for hydroxylation is 1. The first-order chi connectivity index (χ1) is 9.38. The van der Waals surface area contributed by atoms with E-state index < -0.39 is 0 Å². The van der Waals surface area contributed by atoms with Gasteiger partial charge in [0.25, 0.3) is 0 Å². The molecule has 106 valence electrons. The van der Waals surface area contributed by atoms with E-state index in [1.165, 1.54) is 80.2 Å². The summed E-state index contributed by atoms with van der Waals surface area (Å²) < 4.78 is 0. The Morgan fingerprint density at radius 2 is 1.84 bits per heavy atom. The van der Waals surface area contributed by atoms with Crippen LogP contribution in [-0.2, 0) is 6.42 Å². The van der Waals surface area contributed by atoms with E-state index >= 15 is 0 Å². The van der Waals surface area contributed by atoms with Crippen LogP contribution in [0.15, 0.2) is 0 Å². The van der Waals surface area contributed by atoms with Crippen molar-refractivity contribution in [3.8, 4) is 0 Å². The van der Waals surface area contributed by atoms with Gasteiger partial charge in [0, 0.05) is 24.0 Å². The van der Waals surface area contributed by atoms with Crippen LogP contribution in [0.5, 0.6) is 0 Å². The number of nitrogens with one attached hydrogen (secondary N) is 1. The Kier molecular flexibility index (Phi) is 4.38. The average molecular weight is 279 g/mol. The molecule has 0 saturated carbocycles. The van der Waals surface area contributed by atoms with Crippen molar-refractivity contribution in [3.63, 3.8) is 0 Å². The van der Waals surface area contributed by atoms with Gasteiger partial charge in [0.2, 0.25) is 0 Å². The fourth-order valence-electron chi connectivity index (χ4n) is 3.26. The first kappa shape index (κ1) is 13.4. The van der Waals surface area contributed by atoms with Crippen molar-refractivity contribution in [2.45, 2.75) is 57.4 Å². The number of hydrogen-bond donors (Lipinski definition) is 1. The molecule has 3 rings (SSSR count). The minimum absolute atomic E-state index is 0.546. The minimum atomic E-state index is 0.546. The fourth-order valence-corrected chi connectivity index (χ4v) is 4.56. The van der Waals surface area contributed by atoms with E-state index in [1.54, 1.807) is 0 Å². The van der Waals surface area contributed by atoms with Crippen molar-refractivity contribution in [2.75, 3.05) is 25.0 Å². The Balaban J connectivity index is 1.78. The summed E-state index contributed by atoms with van der Waals surface area (Å²) in [5.74, 6) is 0. The summed E-state index contributed by atoms with van der Waals surface area (Å²) in [5.41, 5.74) is 1.37. The molecule has 2 aliphatic rings. The standard InChI is InChI=1S/C15H25N3S/c1-16-12-8-7-9-13-14(12)19-15(17-13)18-10-5-3-2-4-6-11-18/h12,16H,2-11H2,1H3. The molecule has 0 aromatic carbocycles. The molecule has 0 bridgehead atoms. The van der Waals surface area contributed by atoms with Crippen LogP contribution in [0.4, 0.5) is 5.13 Å². The maximum absolute atomic E-state index is 4.95. The van der Waals surface area contributed by atoms with Crippen molar-refractivity contribution < 1.29 is 0 Å². The maximum atomic E-state index is 4.95. The first-order valence-corrected chi connectivity index (χ1v) is 8.62. The first-order valence-electron chi connectivity index (χ1n) is 7.80. The zero-order chi connectivity index (χ0) is 13.1. The molecule has 19 heavy (non-hydrogen) atoms. The summed E-state index contributed by atoms with van der Waals surface area (Å²) in [4.78, 5) is 8.99. The van der Waals surface area contributed by atoms with Crippen molar-refractivity contribution in [2.24, 2.45) is 0 Å². The van der Waals surface area contributed by atoms with Gasteiger partial charge in [0.15, 0.2) is 5.13 Å². The third kappa shape index (κ3) is 2.95. The zero-order valence-electron chi connectivity index (χ0n) is 12.0. The number of aromatic nitrogens is 1.